The average Bonchev–Trinajstić information content (AvgIpc) is 3.05. The Morgan fingerprint density at radius 3 is 2.57 bits per heavy atom. The normalized spacial score (nSPS) is 26.0. The Kier molecular flexibility index (Phi) is 5.65. The fourth-order valence-electron chi connectivity index (χ4n) is 3.49. The minimum Gasteiger partial charge on any atom is -0.465 e. The van der Waals surface area contributed by atoms with Crippen molar-refractivity contribution in [2.24, 2.45) is 5.92 Å². The summed E-state index contributed by atoms with van der Waals surface area (Å²) in [5, 5.41) is 0. The summed E-state index contributed by atoms with van der Waals surface area (Å²) < 4.78 is 5.32. The van der Waals surface area contributed by atoms with Gasteiger partial charge in [0.15, 0.2) is 0 Å². The highest BCUT2D eigenvalue weighted by Crippen LogP contribution is 2.51. The van der Waals surface area contributed by atoms with Crippen molar-refractivity contribution in [3.8, 4) is 0 Å². The molecule has 3 rings (SSSR count). The van der Waals surface area contributed by atoms with E-state index >= 15 is 0 Å². The summed E-state index contributed by atoms with van der Waals surface area (Å²) in [4.78, 5) is 14.7. The predicted molar refractivity (Wildman–Crippen MR) is 85.8 cm³/mol. The molecule has 0 amide bonds. The van der Waals surface area contributed by atoms with Crippen LogP contribution in [0.3, 0.4) is 0 Å². The highest BCUT2D eigenvalue weighted by molar-refractivity contribution is 5.85. The number of hydrogen-bond donors (Lipinski definition) is 0. The maximum absolute atomic E-state index is 12.3. The summed E-state index contributed by atoms with van der Waals surface area (Å²) >= 11 is 0. The van der Waals surface area contributed by atoms with E-state index in [0.717, 1.165) is 19.5 Å². The molecule has 1 saturated carbocycles. The van der Waals surface area contributed by atoms with E-state index in [4.69, 9.17) is 4.74 Å². The van der Waals surface area contributed by atoms with Gasteiger partial charge in [0.2, 0.25) is 0 Å². The summed E-state index contributed by atoms with van der Waals surface area (Å²) in [5.74, 6) is 0.957. The van der Waals surface area contributed by atoms with Gasteiger partial charge in [-0.1, -0.05) is 30.3 Å². The van der Waals surface area contributed by atoms with Gasteiger partial charge < -0.3 is 4.74 Å². The van der Waals surface area contributed by atoms with Crippen LogP contribution < -0.4 is 0 Å². The lowest BCUT2D eigenvalue weighted by Crippen LogP contribution is -2.42. The molecule has 1 aromatic rings. The highest BCUT2D eigenvalue weighted by atomic mass is 35.5. The molecule has 0 radical (unpaired) electrons. The first-order chi connectivity index (χ1) is 9.81. The first-order valence-electron chi connectivity index (χ1n) is 7.77. The van der Waals surface area contributed by atoms with Gasteiger partial charge in [-0.05, 0) is 56.7 Å². The minimum absolute atomic E-state index is 0. The van der Waals surface area contributed by atoms with Crippen LogP contribution in [0, 0.1) is 5.92 Å². The van der Waals surface area contributed by atoms with Gasteiger partial charge in [0.25, 0.3) is 0 Å². The predicted octanol–water partition coefficient (Wildman–Crippen LogP) is 3.24. The van der Waals surface area contributed by atoms with E-state index in [-0.39, 0.29) is 24.4 Å². The van der Waals surface area contributed by atoms with Crippen LogP contribution >= 0.6 is 12.4 Å². The number of esters is 1. The average molecular weight is 310 g/mol. The van der Waals surface area contributed by atoms with Crippen molar-refractivity contribution in [1.82, 2.24) is 4.90 Å². The van der Waals surface area contributed by atoms with Crippen LogP contribution in [-0.2, 0) is 9.53 Å². The second-order valence-electron chi connectivity index (χ2n) is 5.86. The topological polar surface area (TPSA) is 29.5 Å². The molecule has 3 atom stereocenters. The smallest absolute Gasteiger partial charge is 0.323 e. The molecule has 116 valence electrons. The second-order valence-corrected chi connectivity index (χ2v) is 5.86. The first kappa shape index (κ1) is 16.3. The standard InChI is InChI=1S/C17H23NO2.ClH/c1-2-20-17(19)16(18-10-6-7-11-18)15-12-14(15)13-8-4-3-5-9-13;/h3-5,8-9,14-16H,2,6-7,10-12H2,1H3;1H. The van der Waals surface area contributed by atoms with E-state index in [1.54, 1.807) is 0 Å². The first-order valence-corrected chi connectivity index (χ1v) is 7.77. The third-order valence-corrected chi connectivity index (χ3v) is 4.54. The molecule has 0 spiro atoms. The van der Waals surface area contributed by atoms with Crippen LogP contribution in [0.4, 0.5) is 0 Å². The fraction of sp³-hybridized carbons (Fsp3) is 0.588. The third-order valence-electron chi connectivity index (χ3n) is 4.54. The van der Waals surface area contributed by atoms with E-state index in [2.05, 4.69) is 29.2 Å². The van der Waals surface area contributed by atoms with Crippen molar-refractivity contribution >= 4 is 18.4 Å². The summed E-state index contributed by atoms with van der Waals surface area (Å²) in [7, 11) is 0. The molecule has 4 heteroatoms. The third kappa shape index (κ3) is 3.58. The Hall–Kier alpha value is -1.06. The molecular weight excluding hydrogens is 286 g/mol. The van der Waals surface area contributed by atoms with Gasteiger partial charge in [-0.15, -0.1) is 12.4 Å². The summed E-state index contributed by atoms with van der Waals surface area (Å²) in [6, 6.07) is 10.5. The maximum atomic E-state index is 12.3. The van der Waals surface area contributed by atoms with Crippen LogP contribution in [0.5, 0.6) is 0 Å². The summed E-state index contributed by atoms with van der Waals surface area (Å²) in [6.45, 7) is 4.45. The molecule has 3 nitrogen and oxygen atoms in total. The number of nitrogens with zero attached hydrogens (tertiary/aromatic N) is 1. The van der Waals surface area contributed by atoms with Crippen LogP contribution in [0.15, 0.2) is 30.3 Å². The van der Waals surface area contributed by atoms with E-state index in [1.807, 2.05) is 13.0 Å². The van der Waals surface area contributed by atoms with Crippen LogP contribution in [0.1, 0.15) is 37.7 Å². The Morgan fingerprint density at radius 2 is 1.95 bits per heavy atom. The zero-order chi connectivity index (χ0) is 13.9. The minimum atomic E-state index is -0.0253. The van der Waals surface area contributed by atoms with Crippen LogP contribution in [0.25, 0.3) is 0 Å². The van der Waals surface area contributed by atoms with Gasteiger partial charge in [-0.25, -0.2) is 0 Å². The maximum Gasteiger partial charge on any atom is 0.323 e. The Morgan fingerprint density at radius 1 is 1.29 bits per heavy atom. The molecule has 1 aliphatic heterocycles. The SMILES string of the molecule is CCOC(=O)C(C1CC1c1ccccc1)N1CCCC1.Cl. The Labute approximate surface area is 133 Å². The van der Waals surface area contributed by atoms with E-state index < -0.39 is 0 Å². The molecule has 21 heavy (non-hydrogen) atoms. The number of ether oxygens (including phenoxy) is 1. The van der Waals surface area contributed by atoms with Crippen molar-refractivity contribution in [2.75, 3.05) is 19.7 Å². The zero-order valence-corrected chi connectivity index (χ0v) is 13.3. The van der Waals surface area contributed by atoms with Crippen LogP contribution in [-0.4, -0.2) is 36.6 Å². The van der Waals surface area contributed by atoms with Crippen molar-refractivity contribution in [2.45, 2.75) is 38.1 Å². The second kappa shape index (κ2) is 7.28. The zero-order valence-electron chi connectivity index (χ0n) is 12.5. The van der Waals surface area contributed by atoms with Crippen molar-refractivity contribution in [3.05, 3.63) is 35.9 Å². The lowest BCUT2D eigenvalue weighted by molar-refractivity contribution is -0.150. The van der Waals surface area contributed by atoms with E-state index in [9.17, 15) is 4.79 Å². The van der Waals surface area contributed by atoms with Gasteiger partial charge in [-0.3, -0.25) is 9.69 Å². The molecule has 1 saturated heterocycles. The van der Waals surface area contributed by atoms with Gasteiger partial charge in [-0.2, -0.15) is 0 Å². The molecule has 0 bridgehead atoms. The van der Waals surface area contributed by atoms with Gasteiger partial charge in [0.05, 0.1) is 6.61 Å². The van der Waals surface area contributed by atoms with Gasteiger partial charge in [0.1, 0.15) is 6.04 Å². The highest BCUT2D eigenvalue weighted by Gasteiger charge is 2.50. The van der Waals surface area contributed by atoms with Crippen LogP contribution in [0.2, 0.25) is 0 Å². The summed E-state index contributed by atoms with van der Waals surface area (Å²) in [6.07, 6.45) is 3.53. The Balaban J connectivity index is 0.00000161. The number of benzene rings is 1. The number of rotatable bonds is 5. The van der Waals surface area contributed by atoms with Crippen molar-refractivity contribution < 1.29 is 9.53 Å². The molecule has 3 unspecified atom stereocenters. The quantitative estimate of drug-likeness (QED) is 0.782. The lowest BCUT2D eigenvalue weighted by atomic mass is 10.0. The number of likely N-dealkylation sites (tertiary alicyclic amines) is 1. The Bertz CT molecular complexity index is 459. The number of carbonyl (C=O) groups is 1. The number of hydrogen-bond acceptors (Lipinski definition) is 3. The summed E-state index contributed by atoms with van der Waals surface area (Å²) in [5.41, 5.74) is 1.37. The largest absolute Gasteiger partial charge is 0.465 e. The fourth-order valence-corrected chi connectivity index (χ4v) is 3.49. The molecule has 0 aromatic heterocycles. The number of halogens is 1. The van der Waals surface area contributed by atoms with Crippen molar-refractivity contribution in [3.63, 3.8) is 0 Å². The molecule has 0 N–H and O–H groups in total. The number of carbonyl (C=O) groups excluding carboxylic acids is 1. The lowest BCUT2D eigenvalue weighted by Gasteiger charge is -2.26. The molecule has 2 aliphatic rings. The van der Waals surface area contributed by atoms with Gasteiger partial charge in [0, 0.05) is 0 Å². The molecule has 1 heterocycles. The molecule has 2 fully saturated rings. The molecule has 1 aromatic carbocycles. The van der Waals surface area contributed by atoms with Crippen molar-refractivity contribution in [1.29, 1.82) is 0 Å². The molecule has 1 aliphatic carbocycles. The van der Waals surface area contributed by atoms with Gasteiger partial charge >= 0.3 is 5.97 Å². The van der Waals surface area contributed by atoms with E-state index in [1.165, 1.54) is 18.4 Å². The molecular formula is C17H24ClNO2. The monoisotopic (exact) mass is 309 g/mol. The van der Waals surface area contributed by atoms with E-state index in [0.29, 0.717) is 18.4 Å².